The first kappa shape index (κ1) is 14.4. The Morgan fingerprint density at radius 1 is 1.43 bits per heavy atom. The number of fused-ring (bicyclic) bond motifs is 1. The van der Waals surface area contributed by atoms with E-state index in [9.17, 15) is 9.18 Å². The number of aromatic nitrogens is 1. The standard InChI is InChI=1S/C17H18FN3O2/c18-12-4-1-3-11(9-12)16-13-10-21(8-6-15(13)23-20-16)17(22)14-5-2-7-19-14/h1,3-4,9,14,19H,2,5-8,10H2/t14-/m1/s1. The molecule has 0 saturated carbocycles. The molecule has 2 aliphatic rings. The first-order valence-corrected chi connectivity index (χ1v) is 7.98. The van der Waals surface area contributed by atoms with Crippen LogP contribution in [0.3, 0.4) is 0 Å². The van der Waals surface area contributed by atoms with Crippen LogP contribution in [-0.2, 0) is 17.8 Å². The molecule has 0 aliphatic carbocycles. The van der Waals surface area contributed by atoms with Crippen molar-refractivity contribution in [2.45, 2.75) is 31.8 Å². The van der Waals surface area contributed by atoms with Crippen LogP contribution in [0.2, 0.25) is 0 Å². The van der Waals surface area contributed by atoms with Crippen LogP contribution in [0.1, 0.15) is 24.2 Å². The van der Waals surface area contributed by atoms with E-state index in [4.69, 9.17) is 4.52 Å². The van der Waals surface area contributed by atoms with Crippen LogP contribution < -0.4 is 5.32 Å². The average molecular weight is 315 g/mol. The molecule has 0 bridgehead atoms. The second-order valence-corrected chi connectivity index (χ2v) is 6.10. The lowest BCUT2D eigenvalue weighted by molar-refractivity contribution is -0.134. The largest absolute Gasteiger partial charge is 0.360 e. The number of nitrogens with one attached hydrogen (secondary N) is 1. The van der Waals surface area contributed by atoms with Gasteiger partial charge in [-0.3, -0.25) is 4.79 Å². The molecule has 1 N–H and O–H groups in total. The lowest BCUT2D eigenvalue weighted by atomic mass is 10.0. The first-order valence-electron chi connectivity index (χ1n) is 7.98. The molecular weight excluding hydrogens is 297 g/mol. The van der Waals surface area contributed by atoms with Gasteiger partial charge >= 0.3 is 0 Å². The van der Waals surface area contributed by atoms with Crippen molar-refractivity contribution in [2.75, 3.05) is 13.1 Å². The summed E-state index contributed by atoms with van der Waals surface area (Å²) in [5.41, 5.74) is 2.22. The highest BCUT2D eigenvalue weighted by Crippen LogP contribution is 2.30. The molecular formula is C17H18FN3O2. The molecule has 1 aromatic carbocycles. The van der Waals surface area contributed by atoms with E-state index in [1.165, 1.54) is 12.1 Å². The Balaban J connectivity index is 1.61. The number of hydrogen-bond donors (Lipinski definition) is 1. The lowest BCUT2D eigenvalue weighted by Gasteiger charge is -2.28. The molecule has 1 amide bonds. The van der Waals surface area contributed by atoms with E-state index in [-0.39, 0.29) is 17.8 Å². The summed E-state index contributed by atoms with van der Waals surface area (Å²) in [6, 6.07) is 6.23. The van der Waals surface area contributed by atoms with Crippen LogP contribution in [0, 0.1) is 5.82 Å². The molecule has 0 spiro atoms. The van der Waals surface area contributed by atoms with Gasteiger partial charge in [0.2, 0.25) is 5.91 Å². The fourth-order valence-corrected chi connectivity index (χ4v) is 3.38. The van der Waals surface area contributed by atoms with Crippen molar-refractivity contribution in [2.24, 2.45) is 0 Å². The van der Waals surface area contributed by atoms with Gasteiger partial charge in [0.15, 0.2) is 0 Å². The molecule has 6 heteroatoms. The van der Waals surface area contributed by atoms with E-state index in [0.717, 1.165) is 30.7 Å². The van der Waals surface area contributed by atoms with E-state index in [2.05, 4.69) is 10.5 Å². The van der Waals surface area contributed by atoms with Crippen molar-refractivity contribution >= 4 is 5.91 Å². The minimum absolute atomic E-state index is 0.0750. The maximum Gasteiger partial charge on any atom is 0.240 e. The normalized spacial score (nSPS) is 20.6. The Morgan fingerprint density at radius 2 is 2.35 bits per heavy atom. The molecule has 4 rings (SSSR count). The SMILES string of the molecule is O=C([C@H]1CCCN1)N1CCc2onc(-c3cccc(F)c3)c2C1. The monoisotopic (exact) mass is 315 g/mol. The summed E-state index contributed by atoms with van der Waals surface area (Å²) in [5, 5.41) is 7.35. The van der Waals surface area contributed by atoms with Crippen LogP contribution in [0.25, 0.3) is 11.3 Å². The van der Waals surface area contributed by atoms with Gasteiger partial charge in [-0.1, -0.05) is 17.3 Å². The van der Waals surface area contributed by atoms with Crippen molar-refractivity contribution < 1.29 is 13.7 Å². The van der Waals surface area contributed by atoms with Gasteiger partial charge in [0.25, 0.3) is 0 Å². The summed E-state index contributed by atoms with van der Waals surface area (Å²) in [7, 11) is 0. The molecule has 3 heterocycles. The fourth-order valence-electron chi connectivity index (χ4n) is 3.38. The molecule has 0 radical (unpaired) electrons. The van der Waals surface area contributed by atoms with Gasteiger partial charge in [0.1, 0.15) is 17.3 Å². The third-order valence-electron chi connectivity index (χ3n) is 4.60. The third-order valence-corrected chi connectivity index (χ3v) is 4.60. The summed E-state index contributed by atoms with van der Waals surface area (Å²) in [4.78, 5) is 14.4. The van der Waals surface area contributed by atoms with Gasteiger partial charge in [-0.15, -0.1) is 0 Å². The van der Waals surface area contributed by atoms with Crippen molar-refractivity contribution in [1.29, 1.82) is 0 Å². The van der Waals surface area contributed by atoms with Crippen molar-refractivity contribution in [3.8, 4) is 11.3 Å². The van der Waals surface area contributed by atoms with Crippen molar-refractivity contribution in [1.82, 2.24) is 15.4 Å². The Morgan fingerprint density at radius 3 is 3.13 bits per heavy atom. The van der Waals surface area contributed by atoms with E-state index in [0.29, 0.717) is 30.8 Å². The molecule has 1 fully saturated rings. The van der Waals surface area contributed by atoms with Crippen LogP contribution in [0.4, 0.5) is 4.39 Å². The molecule has 2 aliphatic heterocycles. The van der Waals surface area contributed by atoms with Crippen LogP contribution in [-0.4, -0.2) is 35.1 Å². The number of rotatable bonds is 2. The van der Waals surface area contributed by atoms with Gasteiger partial charge in [0.05, 0.1) is 12.6 Å². The Bertz CT molecular complexity index is 737. The number of hydrogen-bond acceptors (Lipinski definition) is 4. The number of carbonyl (C=O) groups excluding carboxylic acids is 1. The molecule has 0 unspecified atom stereocenters. The number of benzene rings is 1. The Labute approximate surface area is 133 Å². The number of carbonyl (C=O) groups is 1. The van der Waals surface area contributed by atoms with E-state index < -0.39 is 0 Å². The maximum atomic E-state index is 13.5. The summed E-state index contributed by atoms with van der Waals surface area (Å²) in [6.45, 7) is 2.01. The summed E-state index contributed by atoms with van der Waals surface area (Å²) >= 11 is 0. The topological polar surface area (TPSA) is 58.4 Å². The van der Waals surface area contributed by atoms with Crippen LogP contribution in [0.5, 0.6) is 0 Å². The highest BCUT2D eigenvalue weighted by Gasteiger charge is 2.32. The predicted octanol–water partition coefficient (Wildman–Crippen LogP) is 2.12. The molecule has 120 valence electrons. The third kappa shape index (κ3) is 2.63. The molecule has 1 atom stereocenters. The lowest BCUT2D eigenvalue weighted by Crippen LogP contribution is -2.45. The quantitative estimate of drug-likeness (QED) is 0.922. The average Bonchev–Trinajstić information content (AvgIpc) is 3.23. The smallest absolute Gasteiger partial charge is 0.240 e. The summed E-state index contributed by atoms with van der Waals surface area (Å²) in [6.07, 6.45) is 2.58. The van der Waals surface area contributed by atoms with Gasteiger partial charge in [-0.05, 0) is 31.5 Å². The highest BCUT2D eigenvalue weighted by molar-refractivity contribution is 5.82. The number of nitrogens with zero attached hydrogens (tertiary/aromatic N) is 2. The Kier molecular flexibility index (Phi) is 3.61. The van der Waals surface area contributed by atoms with Gasteiger partial charge in [0, 0.05) is 24.1 Å². The van der Waals surface area contributed by atoms with Gasteiger partial charge < -0.3 is 14.7 Å². The summed E-state index contributed by atoms with van der Waals surface area (Å²) in [5.74, 6) is 0.630. The second kappa shape index (κ2) is 5.77. The molecule has 2 aromatic rings. The minimum Gasteiger partial charge on any atom is -0.360 e. The molecule has 1 saturated heterocycles. The summed E-state index contributed by atoms with van der Waals surface area (Å²) < 4.78 is 18.9. The maximum absolute atomic E-state index is 13.5. The first-order chi connectivity index (χ1) is 11.2. The van der Waals surface area contributed by atoms with E-state index in [1.807, 2.05) is 4.90 Å². The number of halogens is 1. The predicted molar refractivity (Wildman–Crippen MR) is 82.0 cm³/mol. The zero-order chi connectivity index (χ0) is 15.8. The second-order valence-electron chi connectivity index (χ2n) is 6.10. The molecule has 23 heavy (non-hydrogen) atoms. The molecule has 5 nitrogen and oxygen atoms in total. The van der Waals surface area contributed by atoms with Crippen molar-refractivity contribution in [3.63, 3.8) is 0 Å². The van der Waals surface area contributed by atoms with E-state index in [1.54, 1.807) is 12.1 Å². The molecule has 1 aromatic heterocycles. The van der Waals surface area contributed by atoms with Gasteiger partial charge in [-0.2, -0.15) is 0 Å². The van der Waals surface area contributed by atoms with Crippen LogP contribution in [0.15, 0.2) is 28.8 Å². The zero-order valence-corrected chi connectivity index (χ0v) is 12.7. The minimum atomic E-state index is -0.307. The van der Waals surface area contributed by atoms with Crippen molar-refractivity contribution in [3.05, 3.63) is 41.4 Å². The Hall–Kier alpha value is -2.21. The number of amides is 1. The van der Waals surface area contributed by atoms with Gasteiger partial charge in [-0.25, -0.2) is 4.39 Å². The fraction of sp³-hybridized carbons (Fsp3) is 0.412. The van der Waals surface area contributed by atoms with Crippen LogP contribution >= 0.6 is 0 Å². The zero-order valence-electron chi connectivity index (χ0n) is 12.7. The highest BCUT2D eigenvalue weighted by atomic mass is 19.1. The van der Waals surface area contributed by atoms with E-state index >= 15 is 0 Å².